The average molecular weight is 330 g/mol. The molecule has 0 amide bonds. The zero-order valence-corrected chi connectivity index (χ0v) is 16.9. The fraction of sp³-hybridized carbons (Fsp3) is 0.826. The minimum absolute atomic E-state index is 0.299. The predicted octanol–water partition coefficient (Wildman–Crippen LogP) is 6.85. The van der Waals surface area contributed by atoms with Crippen molar-refractivity contribution in [2.45, 2.75) is 104 Å². The second-order valence-corrected chi connectivity index (χ2v) is 9.49. The fourth-order valence-corrected chi connectivity index (χ4v) is 6.05. The standard InChI is InChI=1S/C23H39N/c1-6-18-12-11-13-19(7-2)21(18)24-17-23(5,16-22(24,3)4)20-14-9-8-10-15-20/h12,20H,6-11,13-17H2,1-5H3/t23-/m0/s1. The maximum absolute atomic E-state index is 2.84. The van der Waals surface area contributed by atoms with Crippen LogP contribution in [0.25, 0.3) is 0 Å². The van der Waals surface area contributed by atoms with Crippen molar-refractivity contribution in [1.82, 2.24) is 4.90 Å². The van der Waals surface area contributed by atoms with Crippen LogP contribution in [-0.4, -0.2) is 17.0 Å². The normalized spacial score (nSPS) is 31.5. The van der Waals surface area contributed by atoms with Crippen molar-refractivity contribution >= 4 is 0 Å². The van der Waals surface area contributed by atoms with Crippen LogP contribution in [0.2, 0.25) is 0 Å². The van der Waals surface area contributed by atoms with E-state index < -0.39 is 0 Å². The SMILES string of the molecule is CCC1=CCCC(CC)=C1N1C[C@@](C)(C2CCCCC2)CC1(C)C. The Hall–Kier alpha value is -0.720. The topological polar surface area (TPSA) is 3.24 Å². The van der Waals surface area contributed by atoms with Gasteiger partial charge < -0.3 is 4.90 Å². The van der Waals surface area contributed by atoms with Gasteiger partial charge in [0.1, 0.15) is 0 Å². The van der Waals surface area contributed by atoms with Crippen LogP contribution in [0.3, 0.4) is 0 Å². The van der Waals surface area contributed by atoms with Crippen molar-refractivity contribution in [3.8, 4) is 0 Å². The lowest BCUT2D eigenvalue weighted by atomic mass is 9.67. The molecule has 0 N–H and O–H groups in total. The molecule has 0 aromatic carbocycles. The lowest BCUT2D eigenvalue weighted by Gasteiger charge is -2.40. The summed E-state index contributed by atoms with van der Waals surface area (Å²) in [6.07, 6.45) is 16.2. The van der Waals surface area contributed by atoms with Gasteiger partial charge in [-0.25, -0.2) is 0 Å². The Kier molecular flexibility index (Phi) is 5.19. The Morgan fingerprint density at radius 2 is 1.75 bits per heavy atom. The fourth-order valence-electron chi connectivity index (χ4n) is 6.05. The van der Waals surface area contributed by atoms with Crippen LogP contribution in [-0.2, 0) is 0 Å². The van der Waals surface area contributed by atoms with E-state index in [4.69, 9.17) is 0 Å². The zero-order valence-electron chi connectivity index (χ0n) is 16.9. The molecule has 1 saturated heterocycles. The Balaban J connectivity index is 1.92. The van der Waals surface area contributed by atoms with Gasteiger partial charge in [0, 0.05) is 17.8 Å². The summed E-state index contributed by atoms with van der Waals surface area (Å²) >= 11 is 0. The molecule has 0 aromatic heterocycles. The van der Waals surface area contributed by atoms with Crippen molar-refractivity contribution in [3.05, 3.63) is 22.9 Å². The number of allylic oxidation sites excluding steroid dienone is 3. The van der Waals surface area contributed by atoms with Crippen molar-refractivity contribution in [3.63, 3.8) is 0 Å². The maximum Gasteiger partial charge on any atom is 0.0391 e. The first-order valence-corrected chi connectivity index (χ1v) is 10.6. The van der Waals surface area contributed by atoms with E-state index in [1.165, 1.54) is 70.8 Å². The summed E-state index contributed by atoms with van der Waals surface area (Å²) in [5, 5.41) is 0. The Morgan fingerprint density at radius 3 is 2.38 bits per heavy atom. The van der Waals surface area contributed by atoms with Crippen molar-refractivity contribution in [2.24, 2.45) is 11.3 Å². The predicted molar refractivity (Wildman–Crippen MR) is 105 cm³/mol. The molecule has 2 fully saturated rings. The number of hydrogen-bond donors (Lipinski definition) is 0. The van der Waals surface area contributed by atoms with Gasteiger partial charge in [-0.15, -0.1) is 0 Å². The van der Waals surface area contributed by atoms with Crippen molar-refractivity contribution in [2.75, 3.05) is 6.54 Å². The molecular formula is C23H39N. The van der Waals surface area contributed by atoms with Gasteiger partial charge in [-0.1, -0.05) is 46.1 Å². The lowest BCUT2D eigenvalue weighted by molar-refractivity contribution is 0.146. The van der Waals surface area contributed by atoms with Crippen LogP contribution >= 0.6 is 0 Å². The van der Waals surface area contributed by atoms with Gasteiger partial charge in [-0.05, 0) is 81.3 Å². The van der Waals surface area contributed by atoms with E-state index in [9.17, 15) is 0 Å². The van der Waals surface area contributed by atoms with E-state index in [1.54, 1.807) is 16.8 Å². The van der Waals surface area contributed by atoms with Gasteiger partial charge in [-0.2, -0.15) is 0 Å². The highest BCUT2D eigenvalue weighted by Crippen LogP contribution is 2.53. The first-order valence-electron chi connectivity index (χ1n) is 10.6. The summed E-state index contributed by atoms with van der Waals surface area (Å²) in [5.74, 6) is 0.943. The maximum atomic E-state index is 2.84. The highest BCUT2D eigenvalue weighted by molar-refractivity contribution is 5.39. The summed E-state index contributed by atoms with van der Waals surface area (Å²) in [5.41, 5.74) is 5.80. The molecule has 1 aliphatic heterocycles. The van der Waals surface area contributed by atoms with Gasteiger partial charge in [0.15, 0.2) is 0 Å². The van der Waals surface area contributed by atoms with Crippen LogP contribution in [0.15, 0.2) is 22.9 Å². The number of nitrogens with zero attached hydrogens (tertiary/aromatic N) is 1. The average Bonchev–Trinajstić information content (AvgIpc) is 2.84. The summed E-state index contributed by atoms with van der Waals surface area (Å²) < 4.78 is 0. The van der Waals surface area contributed by atoms with Gasteiger partial charge in [0.25, 0.3) is 0 Å². The summed E-state index contributed by atoms with van der Waals surface area (Å²) in [7, 11) is 0. The minimum Gasteiger partial charge on any atom is -0.366 e. The second kappa shape index (κ2) is 6.89. The molecule has 0 unspecified atom stereocenters. The molecule has 1 nitrogen and oxygen atoms in total. The molecule has 0 radical (unpaired) electrons. The van der Waals surface area contributed by atoms with Gasteiger partial charge in [0.2, 0.25) is 0 Å². The minimum atomic E-state index is 0.299. The van der Waals surface area contributed by atoms with Gasteiger partial charge in [-0.3, -0.25) is 0 Å². The Labute approximate surface area is 150 Å². The number of hydrogen-bond acceptors (Lipinski definition) is 1. The van der Waals surface area contributed by atoms with Crippen molar-refractivity contribution < 1.29 is 0 Å². The monoisotopic (exact) mass is 329 g/mol. The first-order chi connectivity index (χ1) is 11.4. The molecule has 1 heterocycles. The number of rotatable bonds is 4. The largest absolute Gasteiger partial charge is 0.366 e. The van der Waals surface area contributed by atoms with E-state index in [-0.39, 0.29) is 0 Å². The summed E-state index contributed by atoms with van der Waals surface area (Å²) in [6.45, 7) is 13.6. The first kappa shape index (κ1) is 18.1. The molecule has 136 valence electrons. The third-order valence-corrected chi connectivity index (χ3v) is 7.23. The van der Waals surface area contributed by atoms with E-state index in [1.807, 2.05) is 0 Å². The van der Waals surface area contributed by atoms with Gasteiger partial charge in [0.05, 0.1) is 0 Å². The molecule has 0 spiro atoms. The zero-order chi connectivity index (χ0) is 17.4. The van der Waals surface area contributed by atoms with Gasteiger partial charge >= 0.3 is 0 Å². The highest BCUT2D eigenvalue weighted by Gasteiger charge is 2.50. The Bertz CT molecular complexity index is 518. The molecule has 1 saturated carbocycles. The summed E-state index contributed by atoms with van der Waals surface area (Å²) in [4.78, 5) is 2.84. The molecule has 1 atom stereocenters. The third kappa shape index (κ3) is 3.20. The lowest BCUT2D eigenvalue weighted by Crippen LogP contribution is -2.39. The second-order valence-electron chi connectivity index (χ2n) is 9.49. The molecule has 3 aliphatic rings. The molecule has 24 heavy (non-hydrogen) atoms. The van der Waals surface area contributed by atoms with Crippen LogP contribution in [0, 0.1) is 11.3 Å². The van der Waals surface area contributed by atoms with E-state index >= 15 is 0 Å². The van der Waals surface area contributed by atoms with Crippen molar-refractivity contribution in [1.29, 1.82) is 0 Å². The number of likely N-dealkylation sites (tertiary alicyclic amines) is 1. The van der Waals surface area contributed by atoms with E-state index in [2.05, 4.69) is 45.6 Å². The molecular weight excluding hydrogens is 290 g/mol. The molecule has 2 aliphatic carbocycles. The molecule has 3 rings (SSSR count). The third-order valence-electron chi connectivity index (χ3n) is 7.23. The molecule has 1 heteroatoms. The van der Waals surface area contributed by atoms with Crippen LogP contribution in [0.4, 0.5) is 0 Å². The van der Waals surface area contributed by atoms with Crippen LogP contribution in [0.5, 0.6) is 0 Å². The summed E-state index contributed by atoms with van der Waals surface area (Å²) in [6, 6.07) is 0. The Morgan fingerprint density at radius 1 is 1.04 bits per heavy atom. The molecule has 0 bridgehead atoms. The van der Waals surface area contributed by atoms with Crippen LogP contribution < -0.4 is 0 Å². The van der Waals surface area contributed by atoms with E-state index in [0.29, 0.717) is 11.0 Å². The quantitative estimate of drug-likeness (QED) is 0.545. The van der Waals surface area contributed by atoms with Crippen LogP contribution in [0.1, 0.15) is 98.8 Å². The highest BCUT2D eigenvalue weighted by atomic mass is 15.2. The smallest absolute Gasteiger partial charge is 0.0391 e. The molecule has 0 aromatic rings. The van der Waals surface area contributed by atoms with E-state index in [0.717, 1.165) is 5.92 Å².